The molecule has 0 atom stereocenters. The van der Waals surface area contributed by atoms with E-state index in [2.05, 4.69) is 21.2 Å². The predicted octanol–water partition coefficient (Wildman–Crippen LogP) is 0.565. The molecule has 1 aliphatic rings. The molecule has 1 aromatic rings. The van der Waals surface area contributed by atoms with Gasteiger partial charge in [-0.15, -0.1) is 0 Å². The van der Waals surface area contributed by atoms with Crippen LogP contribution < -0.4 is 14.8 Å². The van der Waals surface area contributed by atoms with Crippen molar-refractivity contribution >= 4 is 33.7 Å². The molecule has 0 spiro atoms. The summed E-state index contributed by atoms with van der Waals surface area (Å²) in [7, 11) is 2.90. The van der Waals surface area contributed by atoms with E-state index in [1.54, 1.807) is 6.07 Å². The van der Waals surface area contributed by atoms with Crippen LogP contribution >= 0.6 is 15.9 Å². The smallest absolute Gasteiger partial charge is 0.258 e. The summed E-state index contributed by atoms with van der Waals surface area (Å²) in [5.74, 6) is -0.728. The Bertz CT molecular complexity index is 601. The average molecular weight is 357 g/mol. The number of amides is 3. The van der Waals surface area contributed by atoms with Crippen LogP contribution in [0.4, 0.5) is 0 Å². The first-order chi connectivity index (χ1) is 9.96. The molecule has 1 heterocycles. The molecule has 1 N–H and O–H groups in total. The number of carbonyl (C=O) groups excluding carboxylic acids is 3. The highest BCUT2D eigenvalue weighted by Crippen LogP contribution is 2.34. The first kappa shape index (κ1) is 15.3. The zero-order chi connectivity index (χ0) is 15.6. The van der Waals surface area contributed by atoms with Crippen molar-refractivity contribution in [2.45, 2.75) is 0 Å². The largest absolute Gasteiger partial charge is 0.497 e. The molecule has 0 bridgehead atoms. The van der Waals surface area contributed by atoms with Crippen LogP contribution in [-0.2, 0) is 9.59 Å². The second-order valence-corrected chi connectivity index (χ2v) is 5.18. The molecule has 21 heavy (non-hydrogen) atoms. The standard InChI is InChI=1S/C13H13BrN2O5/c1-20-7-3-8(12(21-2)9(14)4-7)13(19)16-5-10(17)15-11(18)6-16/h3-4H,5-6H2,1-2H3,(H,15,17,18). The fourth-order valence-corrected chi connectivity index (χ4v) is 2.60. The number of halogens is 1. The van der Waals surface area contributed by atoms with E-state index in [1.165, 1.54) is 20.3 Å². The summed E-state index contributed by atoms with van der Waals surface area (Å²) >= 11 is 3.29. The van der Waals surface area contributed by atoms with E-state index in [-0.39, 0.29) is 18.7 Å². The average Bonchev–Trinajstić information content (AvgIpc) is 2.44. The zero-order valence-electron chi connectivity index (χ0n) is 11.4. The van der Waals surface area contributed by atoms with Crippen molar-refractivity contribution in [3.63, 3.8) is 0 Å². The van der Waals surface area contributed by atoms with E-state index in [0.717, 1.165) is 4.90 Å². The van der Waals surface area contributed by atoms with Crippen molar-refractivity contribution < 1.29 is 23.9 Å². The SMILES string of the molecule is COc1cc(Br)c(OC)c(C(=O)N2CC(=O)NC(=O)C2)c1. The van der Waals surface area contributed by atoms with Crippen LogP contribution in [0.25, 0.3) is 0 Å². The number of carbonyl (C=O) groups is 3. The van der Waals surface area contributed by atoms with Gasteiger partial charge in [-0.2, -0.15) is 0 Å². The number of ether oxygens (including phenoxy) is 2. The maximum absolute atomic E-state index is 12.5. The second kappa shape index (κ2) is 6.13. The van der Waals surface area contributed by atoms with Gasteiger partial charge in [0.2, 0.25) is 11.8 Å². The number of imide groups is 1. The van der Waals surface area contributed by atoms with Crippen molar-refractivity contribution in [3.8, 4) is 11.5 Å². The minimum Gasteiger partial charge on any atom is -0.497 e. The molecule has 2 rings (SSSR count). The Morgan fingerprint density at radius 3 is 2.33 bits per heavy atom. The van der Waals surface area contributed by atoms with Gasteiger partial charge < -0.3 is 14.4 Å². The van der Waals surface area contributed by atoms with E-state index in [1.807, 2.05) is 0 Å². The molecule has 1 fully saturated rings. The van der Waals surface area contributed by atoms with E-state index < -0.39 is 17.7 Å². The van der Waals surface area contributed by atoms with Gasteiger partial charge in [0, 0.05) is 0 Å². The summed E-state index contributed by atoms with van der Waals surface area (Å²) in [6.45, 7) is -0.356. The van der Waals surface area contributed by atoms with E-state index in [0.29, 0.717) is 16.0 Å². The van der Waals surface area contributed by atoms with Crippen LogP contribution in [-0.4, -0.2) is 49.9 Å². The molecule has 7 nitrogen and oxygen atoms in total. The number of benzene rings is 1. The van der Waals surface area contributed by atoms with Crippen molar-refractivity contribution in [3.05, 3.63) is 22.2 Å². The molecule has 0 aliphatic carbocycles. The Labute approximate surface area is 129 Å². The molecule has 0 unspecified atom stereocenters. The molecule has 1 aromatic carbocycles. The van der Waals surface area contributed by atoms with Gasteiger partial charge >= 0.3 is 0 Å². The zero-order valence-corrected chi connectivity index (χ0v) is 13.0. The molecule has 1 saturated heterocycles. The van der Waals surface area contributed by atoms with Crippen molar-refractivity contribution in [1.82, 2.24) is 10.2 Å². The molecule has 8 heteroatoms. The molecule has 3 amide bonds. The number of nitrogens with one attached hydrogen (secondary N) is 1. The number of rotatable bonds is 3. The predicted molar refractivity (Wildman–Crippen MR) is 76.3 cm³/mol. The summed E-state index contributed by atoms with van der Waals surface area (Å²) in [6.07, 6.45) is 0. The van der Waals surface area contributed by atoms with Crippen molar-refractivity contribution in [1.29, 1.82) is 0 Å². The lowest BCUT2D eigenvalue weighted by Gasteiger charge is -2.26. The van der Waals surface area contributed by atoms with Crippen LogP contribution in [0.1, 0.15) is 10.4 Å². The number of nitrogens with zero attached hydrogens (tertiary/aromatic N) is 1. The monoisotopic (exact) mass is 356 g/mol. The minimum absolute atomic E-state index is 0.178. The van der Waals surface area contributed by atoms with Crippen molar-refractivity contribution in [2.24, 2.45) is 0 Å². The van der Waals surface area contributed by atoms with Gasteiger partial charge in [-0.1, -0.05) is 0 Å². The van der Waals surface area contributed by atoms with Gasteiger partial charge in [0.15, 0.2) is 0 Å². The fraction of sp³-hybridized carbons (Fsp3) is 0.308. The first-order valence-electron chi connectivity index (χ1n) is 5.99. The molecule has 112 valence electrons. The Kier molecular flexibility index (Phi) is 4.46. The Morgan fingerprint density at radius 1 is 1.19 bits per heavy atom. The molecule has 0 aromatic heterocycles. The van der Waals surface area contributed by atoms with Crippen LogP contribution in [0.3, 0.4) is 0 Å². The van der Waals surface area contributed by atoms with Gasteiger partial charge in [-0.25, -0.2) is 0 Å². The van der Waals surface area contributed by atoms with Crippen LogP contribution in [0.15, 0.2) is 16.6 Å². The number of methoxy groups -OCH3 is 2. The highest BCUT2D eigenvalue weighted by molar-refractivity contribution is 9.10. The fourth-order valence-electron chi connectivity index (χ4n) is 2.00. The molecular weight excluding hydrogens is 344 g/mol. The molecule has 0 saturated carbocycles. The van der Waals surface area contributed by atoms with Crippen LogP contribution in [0.2, 0.25) is 0 Å². The van der Waals surface area contributed by atoms with Gasteiger partial charge in [0.1, 0.15) is 24.6 Å². The quantitative estimate of drug-likeness (QED) is 0.800. The first-order valence-corrected chi connectivity index (χ1v) is 6.79. The number of hydrogen-bond acceptors (Lipinski definition) is 5. The summed E-state index contributed by atoms with van der Waals surface area (Å²) in [4.78, 5) is 36.4. The Balaban J connectivity index is 2.40. The lowest BCUT2D eigenvalue weighted by atomic mass is 10.1. The van der Waals surface area contributed by atoms with Crippen LogP contribution in [0, 0.1) is 0 Å². The molecule has 1 aliphatic heterocycles. The number of piperazine rings is 1. The minimum atomic E-state index is -0.513. The van der Waals surface area contributed by atoms with Crippen molar-refractivity contribution in [2.75, 3.05) is 27.3 Å². The Morgan fingerprint density at radius 2 is 1.81 bits per heavy atom. The summed E-state index contributed by atoms with van der Waals surface area (Å²) < 4.78 is 10.9. The van der Waals surface area contributed by atoms with E-state index in [9.17, 15) is 14.4 Å². The third-order valence-corrected chi connectivity index (χ3v) is 3.51. The van der Waals surface area contributed by atoms with Gasteiger partial charge in [0.05, 0.1) is 24.3 Å². The highest BCUT2D eigenvalue weighted by Gasteiger charge is 2.29. The third kappa shape index (κ3) is 3.15. The highest BCUT2D eigenvalue weighted by atomic mass is 79.9. The van der Waals surface area contributed by atoms with Gasteiger partial charge in [-0.05, 0) is 28.1 Å². The van der Waals surface area contributed by atoms with Crippen LogP contribution in [0.5, 0.6) is 11.5 Å². The summed E-state index contributed by atoms with van der Waals surface area (Å²) in [5, 5.41) is 2.14. The maximum atomic E-state index is 12.5. The lowest BCUT2D eigenvalue weighted by molar-refractivity contribution is -0.135. The van der Waals surface area contributed by atoms with E-state index in [4.69, 9.17) is 9.47 Å². The number of hydrogen-bond donors (Lipinski definition) is 1. The van der Waals surface area contributed by atoms with Gasteiger partial charge in [-0.3, -0.25) is 19.7 Å². The Hall–Kier alpha value is -2.09. The third-order valence-electron chi connectivity index (χ3n) is 2.92. The molecular formula is C13H13BrN2O5. The normalized spacial score (nSPS) is 14.7. The van der Waals surface area contributed by atoms with E-state index >= 15 is 0 Å². The topological polar surface area (TPSA) is 84.9 Å². The second-order valence-electron chi connectivity index (χ2n) is 4.32. The molecule has 0 radical (unpaired) electrons. The summed E-state index contributed by atoms with van der Waals surface area (Å²) in [6, 6.07) is 3.16. The van der Waals surface area contributed by atoms with Gasteiger partial charge in [0.25, 0.3) is 5.91 Å². The lowest BCUT2D eigenvalue weighted by Crippen LogP contribution is -2.53. The summed E-state index contributed by atoms with van der Waals surface area (Å²) in [5.41, 5.74) is 0.214. The maximum Gasteiger partial charge on any atom is 0.258 e.